The molecule has 0 fully saturated rings. The van der Waals surface area contributed by atoms with Crippen LogP contribution in [0.2, 0.25) is 0 Å². The molecular formula is C13H15N3O3. The van der Waals surface area contributed by atoms with Gasteiger partial charge in [0.15, 0.2) is 5.75 Å². The fourth-order valence-electron chi connectivity index (χ4n) is 1.63. The highest BCUT2D eigenvalue weighted by molar-refractivity contribution is 5.98. The van der Waals surface area contributed by atoms with Crippen LogP contribution in [-0.2, 0) is 6.54 Å². The van der Waals surface area contributed by atoms with E-state index >= 15 is 0 Å². The summed E-state index contributed by atoms with van der Waals surface area (Å²) in [6.45, 7) is 2.57. The number of carbonyl (C=O) groups is 1. The molecule has 19 heavy (non-hydrogen) atoms. The third kappa shape index (κ3) is 3.04. The van der Waals surface area contributed by atoms with Crippen LogP contribution in [-0.4, -0.2) is 17.7 Å². The lowest BCUT2D eigenvalue weighted by molar-refractivity contribution is 0.0946. The highest BCUT2D eigenvalue weighted by Crippen LogP contribution is 2.26. The Morgan fingerprint density at radius 1 is 1.47 bits per heavy atom. The summed E-state index contributed by atoms with van der Waals surface area (Å²) in [7, 11) is 0. The topological polar surface area (TPSA) is 90.4 Å². The first-order chi connectivity index (χ1) is 9.22. The van der Waals surface area contributed by atoms with Gasteiger partial charge in [-0.1, -0.05) is 11.2 Å². The maximum Gasteiger partial charge on any atom is 0.255 e. The van der Waals surface area contributed by atoms with Gasteiger partial charge in [-0.2, -0.15) is 0 Å². The maximum absolute atomic E-state index is 12.1. The van der Waals surface area contributed by atoms with Crippen molar-refractivity contribution >= 4 is 11.6 Å². The van der Waals surface area contributed by atoms with Crippen molar-refractivity contribution in [3.8, 4) is 5.75 Å². The molecule has 0 saturated carbocycles. The molecule has 0 spiro atoms. The number of nitrogens with zero attached hydrogens (tertiary/aromatic N) is 1. The van der Waals surface area contributed by atoms with Crippen LogP contribution in [0.15, 0.2) is 35.1 Å². The van der Waals surface area contributed by atoms with Crippen LogP contribution in [0.1, 0.15) is 23.0 Å². The molecule has 0 saturated heterocycles. The SMILES string of the molecule is CCOc1c(N)cccc1C(=O)NCc1ccon1. The smallest absolute Gasteiger partial charge is 0.255 e. The van der Waals surface area contributed by atoms with Gasteiger partial charge in [0, 0.05) is 6.07 Å². The van der Waals surface area contributed by atoms with E-state index in [0.29, 0.717) is 29.3 Å². The number of carbonyl (C=O) groups excluding carboxylic acids is 1. The Bertz CT molecular complexity index is 552. The van der Waals surface area contributed by atoms with Crippen molar-refractivity contribution in [2.75, 3.05) is 12.3 Å². The first-order valence-electron chi connectivity index (χ1n) is 5.91. The second kappa shape index (κ2) is 5.90. The number of ether oxygens (including phenoxy) is 1. The van der Waals surface area contributed by atoms with Crippen LogP contribution in [0.25, 0.3) is 0 Å². The quantitative estimate of drug-likeness (QED) is 0.797. The Morgan fingerprint density at radius 2 is 2.32 bits per heavy atom. The molecule has 0 aliphatic carbocycles. The summed E-state index contributed by atoms with van der Waals surface area (Å²) in [6, 6.07) is 6.75. The van der Waals surface area contributed by atoms with Gasteiger partial charge in [0.1, 0.15) is 12.0 Å². The van der Waals surface area contributed by atoms with Gasteiger partial charge >= 0.3 is 0 Å². The number of nitrogens with two attached hydrogens (primary N) is 1. The number of rotatable bonds is 5. The number of nitrogens with one attached hydrogen (secondary N) is 1. The molecule has 2 aromatic rings. The zero-order chi connectivity index (χ0) is 13.7. The van der Waals surface area contributed by atoms with Gasteiger partial charge in [0.2, 0.25) is 0 Å². The predicted octanol–water partition coefficient (Wildman–Crippen LogP) is 1.59. The zero-order valence-electron chi connectivity index (χ0n) is 10.6. The molecule has 100 valence electrons. The summed E-state index contributed by atoms with van der Waals surface area (Å²) in [5.41, 5.74) is 7.30. The van der Waals surface area contributed by atoms with E-state index in [9.17, 15) is 4.79 Å². The lowest BCUT2D eigenvalue weighted by Crippen LogP contribution is -2.24. The van der Waals surface area contributed by atoms with Crippen molar-refractivity contribution in [2.24, 2.45) is 0 Å². The highest BCUT2D eigenvalue weighted by atomic mass is 16.5. The summed E-state index contributed by atoms with van der Waals surface area (Å²) in [6.07, 6.45) is 1.45. The maximum atomic E-state index is 12.1. The van der Waals surface area contributed by atoms with Gasteiger partial charge in [-0.15, -0.1) is 0 Å². The number of nitrogen functional groups attached to an aromatic ring is 1. The van der Waals surface area contributed by atoms with Crippen LogP contribution in [0.3, 0.4) is 0 Å². The average Bonchev–Trinajstić information content (AvgIpc) is 2.92. The Balaban J connectivity index is 2.12. The fraction of sp³-hybridized carbons (Fsp3) is 0.231. The molecule has 1 aromatic heterocycles. The van der Waals surface area contributed by atoms with Crippen LogP contribution in [0.4, 0.5) is 5.69 Å². The minimum absolute atomic E-state index is 0.265. The van der Waals surface area contributed by atoms with E-state index in [1.165, 1.54) is 6.26 Å². The van der Waals surface area contributed by atoms with Crippen molar-refractivity contribution in [1.29, 1.82) is 0 Å². The fourth-order valence-corrected chi connectivity index (χ4v) is 1.63. The summed E-state index contributed by atoms with van der Waals surface area (Å²) in [4.78, 5) is 12.1. The van der Waals surface area contributed by atoms with Crippen LogP contribution in [0.5, 0.6) is 5.75 Å². The number of amides is 1. The summed E-state index contributed by atoms with van der Waals surface area (Å²) >= 11 is 0. The molecule has 0 aliphatic heterocycles. The molecule has 2 rings (SSSR count). The molecule has 0 aliphatic rings. The average molecular weight is 261 g/mol. The van der Waals surface area contributed by atoms with E-state index in [4.69, 9.17) is 10.5 Å². The molecule has 0 bridgehead atoms. The van der Waals surface area contributed by atoms with Gasteiger partial charge in [0.25, 0.3) is 5.91 Å². The normalized spacial score (nSPS) is 10.2. The van der Waals surface area contributed by atoms with Gasteiger partial charge in [0.05, 0.1) is 24.4 Å². The summed E-state index contributed by atoms with van der Waals surface area (Å²) < 4.78 is 10.1. The standard InChI is InChI=1S/C13H15N3O3/c1-2-18-12-10(4-3-5-11(12)14)13(17)15-8-9-6-7-19-16-9/h3-7H,2,8,14H2,1H3,(H,15,17). The molecule has 6 heteroatoms. The Morgan fingerprint density at radius 3 is 3.00 bits per heavy atom. The van der Waals surface area contributed by atoms with Gasteiger partial charge in [-0.3, -0.25) is 4.79 Å². The number of anilines is 1. The third-order valence-corrected chi connectivity index (χ3v) is 2.50. The minimum atomic E-state index is -0.265. The Hall–Kier alpha value is -2.50. The Labute approximate surface area is 110 Å². The minimum Gasteiger partial charge on any atom is -0.491 e. The molecule has 1 aromatic carbocycles. The molecule has 1 amide bonds. The number of para-hydroxylation sites is 1. The molecule has 3 N–H and O–H groups in total. The lowest BCUT2D eigenvalue weighted by Gasteiger charge is -2.12. The molecule has 0 atom stereocenters. The molecule has 6 nitrogen and oxygen atoms in total. The van der Waals surface area contributed by atoms with E-state index in [-0.39, 0.29) is 12.5 Å². The lowest BCUT2D eigenvalue weighted by atomic mass is 10.1. The van der Waals surface area contributed by atoms with Gasteiger partial charge < -0.3 is 20.3 Å². The van der Waals surface area contributed by atoms with E-state index in [0.717, 1.165) is 0 Å². The third-order valence-electron chi connectivity index (χ3n) is 2.50. The summed E-state index contributed by atoms with van der Waals surface area (Å²) in [5, 5.41) is 6.44. The van der Waals surface area contributed by atoms with E-state index in [1.807, 2.05) is 6.92 Å². The van der Waals surface area contributed by atoms with Crippen molar-refractivity contribution in [1.82, 2.24) is 10.5 Å². The van der Waals surface area contributed by atoms with Crippen molar-refractivity contribution in [2.45, 2.75) is 13.5 Å². The number of aromatic nitrogens is 1. The number of benzene rings is 1. The first kappa shape index (κ1) is 12.9. The Kier molecular flexibility index (Phi) is 4.02. The summed E-state index contributed by atoms with van der Waals surface area (Å²) in [5.74, 6) is 0.140. The second-order valence-corrected chi connectivity index (χ2v) is 3.83. The molecule has 1 heterocycles. The molecule has 0 radical (unpaired) electrons. The van der Waals surface area contributed by atoms with Crippen molar-refractivity contribution in [3.63, 3.8) is 0 Å². The van der Waals surface area contributed by atoms with Gasteiger partial charge in [-0.05, 0) is 19.1 Å². The molecular weight excluding hydrogens is 246 g/mol. The highest BCUT2D eigenvalue weighted by Gasteiger charge is 2.14. The predicted molar refractivity (Wildman–Crippen MR) is 69.7 cm³/mol. The van der Waals surface area contributed by atoms with Crippen molar-refractivity contribution < 1.29 is 14.1 Å². The van der Waals surface area contributed by atoms with Crippen LogP contribution >= 0.6 is 0 Å². The van der Waals surface area contributed by atoms with E-state index < -0.39 is 0 Å². The van der Waals surface area contributed by atoms with E-state index in [1.54, 1.807) is 24.3 Å². The largest absolute Gasteiger partial charge is 0.491 e. The van der Waals surface area contributed by atoms with Gasteiger partial charge in [-0.25, -0.2) is 0 Å². The van der Waals surface area contributed by atoms with Crippen LogP contribution in [0, 0.1) is 0 Å². The number of hydrogen-bond acceptors (Lipinski definition) is 5. The zero-order valence-corrected chi connectivity index (χ0v) is 10.6. The van der Waals surface area contributed by atoms with Crippen LogP contribution < -0.4 is 15.8 Å². The second-order valence-electron chi connectivity index (χ2n) is 3.83. The monoisotopic (exact) mass is 261 g/mol. The van der Waals surface area contributed by atoms with Crippen molar-refractivity contribution in [3.05, 3.63) is 41.8 Å². The number of hydrogen-bond donors (Lipinski definition) is 2. The van der Waals surface area contributed by atoms with E-state index in [2.05, 4.69) is 15.0 Å². The first-order valence-corrected chi connectivity index (χ1v) is 5.91. The molecule has 0 unspecified atom stereocenters.